The third kappa shape index (κ3) is 9.52. The van der Waals surface area contributed by atoms with Crippen LogP contribution in [-0.2, 0) is 30.4 Å². The van der Waals surface area contributed by atoms with Gasteiger partial charge in [-0.05, 0) is 18.9 Å². The zero-order valence-electron chi connectivity index (χ0n) is 18.5. The van der Waals surface area contributed by atoms with E-state index in [0.717, 1.165) is 0 Å². The highest BCUT2D eigenvalue weighted by Crippen LogP contribution is 2.05. The van der Waals surface area contributed by atoms with Crippen molar-refractivity contribution in [3.63, 3.8) is 0 Å². The van der Waals surface area contributed by atoms with Gasteiger partial charge in [0.05, 0.1) is 18.8 Å². The number of carboxylic acids is 2. The summed E-state index contributed by atoms with van der Waals surface area (Å²) in [7, 11) is 0. The molecule has 13 nitrogen and oxygen atoms in total. The van der Waals surface area contributed by atoms with Crippen LogP contribution in [0, 0.1) is 0 Å². The van der Waals surface area contributed by atoms with Crippen molar-refractivity contribution in [2.45, 2.75) is 56.5 Å². The number of aliphatic hydroxyl groups excluding tert-OH is 2. The van der Waals surface area contributed by atoms with Crippen LogP contribution in [0.4, 0.5) is 0 Å². The van der Waals surface area contributed by atoms with Crippen molar-refractivity contribution in [2.75, 3.05) is 6.61 Å². The number of rotatable bonds is 14. The average molecular weight is 482 g/mol. The van der Waals surface area contributed by atoms with Gasteiger partial charge < -0.3 is 42.1 Å². The molecule has 0 bridgehead atoms. The van der Waals surface area contributed by atoms with Crippen molar-refractivity contribution >= 4 is 29.7 Å². The van der Waals surface area contributed by atoms with Gasteiger partial charge in [-0.15, -0.1) is 0 Å². The van der Waals surface area contributed by atoms with Crippen LogP contribution in [0.25, 0.3) is 0 Å². The Morgan fingerprint density at radius 3 is 2.00 bits per heavy atom. The molecule has 0 saturated carbocycles. The van der Waals surface area contributed by atoms with E-state index in [1.54, 1.807) is 30.3 Å². The van der Waals surface area contributed by atoms with Gasteiger partial charge in [0, 0.05) is 12.8 Å². The molecule has 0 aliphatic rings. The number of hydrogen-bond acceptors (Lipinski definition) is 8. The van der Waals surface area contributed by atoms with Crippen LogP contribution in [0.3, 0.4) is 0 Å². The molecule has 13 heteroatoms. The molecule has 0 heterocycles. The van der Waals surface area contributed by atoms with Crippen LogP contribution < -0.4 is 21.7 Å². The molecule has 3 amide bonds. The molecule has 0 spiro atoms. The SMILES string of the molecule is CC(O)C(NC(=O)C(CO)NC(=O)C(N)CCC(=O)O)C(=O)NC(Cc1ccccc1)C(=O)O. The van der Waals surface area contributed by atoms with E-state index in [1.165, 1.54) is 6.92 Å². The molecule has 0 saturated heterocycles. The summed E-state index contributed by atoms with van der Waals surface area (Å²) in [5.41, 5.74) is 6.20. The second-order valence-corrected chi connectivity index (χ2v) is 7.60. The molecule has 1 rings (SSSR count). The molecule has 5 atom stereocenters. The lowest BCUT2D eigenvalue weighted by molar-refractivity contribution is -0.143. The quantitative estimate of drug-likeness (QED) is 0.137. The van der Waals surface area contributed by atoms with E-state index in [9.17, 15) is 39.3 Å². The fraction of sp³-hybridized carbons (Fsp3) is 0.476. The second kappa shape index (κ2) is 13.9. The minimum atomic E-state index is -1.60. The van der Waals surface area contributed by atoms with Crippen molar-refractivity contribution in [3.05, 3.63) is 35.9 Å². The Morgan fingerprint density at radius 1 is 0.912 bits per heavy atom. The number of nitrogens with one attached hydrogen (secondary N) is 3. The Hall–Kier alpha value is -3.55. The Labute approximate surface area is 195 Å². The van der Waals surface area contributed by atoms with Gasteiger partial charge in [0.15, 0.2) is 0 Å². The van der Waals surface area contributed by atoms with Crippen molar-refractivity contribution in [3.8, 4) is 0 Å². The zero-order chi connectivity index (χ0) is 25.8. The molecule has 0 radical (unpaired) electrons. The highest BCUT2D eigenvalue weighted by atomic mass is 16.4. The number of carbonyl (C=O) groups excluding carboxylic acids is 3. The standard InChI is InChI=1S/C21H30N4O9/c1-11(27)17(20(32)23-14(21(33)34)9-12-5-3-2-4-6-12)25-19(31)15(10-26)24-18(30)13(22)7-8-16(28)29/h2-6,11,13-15,17,26-27H,7-10,22H2,1H3,(H,23,32)(H,24,30)(H,25,31)(H,28,29)(H,33,34). The molecule has 1 aromatic carbocycles. The molecule has 9 N–H and O–H groups in total. The third-order valence-electron chi connectivity index (χ3n) is 4.78. The molecule has 0 fully saturated rings. The molecular weight excluding hydrogens is 452 g/mol. The number of carboxylic acid groups (broad SMARTS) is 2. The predicted octanol–water partition coefficient (Wildman–Crippen LogP) is -2.67. The van der Waals surface area contributed by atoms with Crippen LogP contribution in [0.5, 0.6) is 0 Å². The summed E-state index contributed by atoms with van der Waals surface area (Å²) < 4.78 is 0. The molecule has 34 heavy (non-hydrogen) atoms. The fourth-order valence-electron chi connectivity index (χ4n) is 2.85. The summed E-state index contributed by atoms with van der Waals surface area (Å²) in [5, 5.41) is 44.1. The van der Waals surface area contributed by atoms with Crippen molar-refractivity contribution < 1.29 is 44.4 Å². The lowest BCUT2D eigenvalue weighted by Crippen LogP contribution is -2.60. The van der Waals surface area contributed by atoms with Crippen LogP contribution >= 0.6 is 0 Å². The summed E-state index contributed by atoms with van der Waals surface area (Å²) in [6, 6.07) is 2.71. The highest BCUT2D eigenvalue weighted by Gasteiger charge is 2.32. The van der Waals surface area contributed by atoms with Crippen LogP contribution in [0.2, 0.25) is 0 Å². The minimum Gasteiger partial charge on any atom is -0.481 e. The molecule has 0 aliphatic heterocycles. The van der Waals surface area contributed by atoms with Crippen LogP contribution in [0.1, 0.15) is 25.3 Å². The number of aliphatic hydroxyl groups is 2. The van der Waals surface area contributed by atoms with E-state index in [0.29, 0.717) is 5.56 Å². The first kappa shape index (κ1) is 28.5. The number of benzene rings is 1. The van der Waals surface area contributed by atoms with Gasteiger partial charge >= 0.3 is 11.9 Å². The number of amides is 3. The molecule has 0 aromatic heterocycles. The first-order valence-electron chi connectivity index (χ1n) is 10.4. The Morgan fingerprint density at radius 2 is 1.50 bits per heavy atom. The molecule has 1 aromatic rings. The van der Waals surface area contributed by atoms with Gasteiger partial charge in [-0.1, -0.05) is 30.3 Å². The van der Waals surface area contributed by atoms with Crippen molar-refractivity contribution in [1.82, 2.24) is 16.0 Å². The summed E-state index contributed by atoms with van der Waals surface area (Å²) in [4.78, 5) is 59.4. The maximum absolute atomic E-state index is 12.6. The minimum absolute atomic E-state index is 0.0497. The molecular formula is C21H30N4O9. The van der Waals surface area contributed by atoms with Crippen molar-refractivity contribution in [2.24, 2.45) is 5.73 Å². The maximum atomic E-state index is 12.6. The normalized spacial score (nSPS) is 15.2. The average Bonchev–Trinajstić information content (AvgIpc) is 2.78. The first-order valence-corrected chi connectivity index (χ1v) is 10.4. The maximum Gasteiger partial charge on any atom is 0.326 e. The number of nitrogens with two attached hydrogens (primary N) is 1. The fourth-order valence-corrected chi connectivity index (χ4v) is 2.85. The summed E-state index contributed by atoms with van der Waals surface area (Å²) in [6.45, 7) is 0.301. The lowest BCUT2D eigenvalue weighted by atomic mass is 10.0. The van der Waals surface area contributed by atoms with Crippen molar-refractivity contribution in [1.29, 1.82) is 0 Å². The smallest absolute Gasteiger partial charge is 0.326 e. The summed E-state index contributed by atoms with van der Waals surface area (Å²) in [6.07, 6.45) is -2.10. The van der Waals surface area contributed by atoms with Crippen LogP contribution in [0.15, 0.2) is 30.3 Å². The molecule has 5 unspecified atom stereocenters. The topological polar surface area (TPSA) is 228 Å². The Kier molecular flexibility index (Phi) is 11.6. The van der Waals surface area contributed by atoms with E-state index >= 15 is 0 Å². The molecule has 0 aliphatic carbocycles. The Bertz CT molecular complexity index is 863. The number of hydrogen-bond donors (Lipinski definition) is 8. The predicted molar refractivity (Wildman–Crippen MR) is 117 cm³/mol. The number of aliphatic carboxylic acids is 2. The third-order valence-corrected chi connectivity index (χ3v) is 4.78. The highest BCUT2D eigenvalue weighted by molar-refractivity contribution is 5.94. The van der Waals surface area contributed by atoms with Gasteiger partial charge in [0.1, 0.15) is 18.1 Å². The summed E-state index contributed by atoms with van der Waals surface area (Å²) >= 11 is 0. The van der Waals surface area contributed by atoms with E-state index < -0.39 is 66.5 Å². The second-order valence-electron chi connectivity index (χ2n) is 7.60. The van der Waals surface area contributed by atoms with Gasteiger partial charge in [0.25, 0.3) is 0 Å². The monoisotopic (exact) mass is 482 g/mol. The Balaban J connectivity index is 2.82. The van der Waals surface area contributed by atoms with E-state index in [2.05, 4.69) is 16.0 Å². The first-order chi connectivity index (χ1) is 16.0. The summed E-state index contributed by atoms with van der Waals surface area (Å²) in [5.74, 6) is -5.44. The lowest BCUT2D eigenvalue weighted by Gasteiger charge is -2.26. The van der Waals surface area contributed by atoms with Gasteiger partial charge in [-0.3, -0.25) is 19.2 Å². The van der Waals surface area contributed by atoms with Gasteiger partial charge in [-0.25, -0.2) is 4.79 Å². The van der Waals surface area contributed by atoms with Gasteiger partial charge in [0.2, 0.25) is 17.7 Å². The largest absolute Gasteiger partial charge is 0.481 e. The number of carbonyl (C=O) groups is 5. The van der Waals surface area contributed by atoms with E-state index in [-0.39, 0.29) is 19.3 Å². The molecule has 188 valence electrons. The van der Waals surface area contributed by atoms with Crippen LogP contribution in [-0.4, -0.2) is 87.0 Å². The van der Waals surface area contributed by atoms with E-state index in [4.69, 9.17) is 10.8 Å². The van der Waals surface area contributed by atoms with E-state index in [1.807, 2.05) is 0 Å². The zero-order valence-corrected chi connectivity index (χ0v) is 18.5. The van der Waals surface area contributed by atoms with Gasteiger partial charge in [-0.2, -0.15) is 0 Å².